The number of fused-ring (bicyclic) bond motifs is 1. The number of carbonyl (C=O) groups is 1. The Labute approximate surface area is 192 Å². The van der Waals surface area contributed by atoms with Crippen LogP contribution in [0, 0.1) is 6.92 Å². The normalized spacial score (nSPS) is 11.1. The second-order valence-electron chi connectivity index (χ2n) is 8.11. The number of pyridine rings is 1. The van der Waals surface area contributed by atoms with E-state index in [-0.39, 0.29) is 5.69 Å². The van der Waals surface area contributed by atoms with E-state index in [0.717, 1.165) is 22.7 Å². The summed E-state index contributed by atoms with van der Waals surface area (Å²) in [6.07, 6.45) is 1.51. The van der Waals surface area contributed by atoms with E-state index in [1.165, 1.54) is 24.4 Å². The summed E-state index contributed by atoms with van der Waals surface area (Å²) >= 11 is 0. The summed E-state index contributed by atoms with van der Waals surface area (Å²) in [7, 11) is 3.34. The van der Waals surface area contributed by atoms with Gasteiger partial charge in [-0.25, -0.2) is 10.5 Å². The summed E-state index contributed by atoms with van der Waals surface area (Å²) in [4.78, 5) is 25.4. The van der Waals surface area contributed by atoms with Crippen molar-refractivity contribution in [2.75, 3.05) is 12.4 Å². The molecule has 2 aromatic carbocycles. The molecule has 0 aliphatic carbocycles. The van der Waals surface area contributed by atoms with Gasteiger partial charge in [-0.3, -0.25) is 14.6 Å². The molecule has 170 valence electrons. The Morgan fingerprint density at radius 2 is 1.85 bits per heavy atom. The molecule has 2 N–H and O–H groups in total. The first-order valence-corrected chi connectivity index (χ1v) is 10.7. The fourth-order valence-corrected chi connectivity index (χ4v) is 3.70. The molecule has 33 heavy (non-hydrogen) atoms. The van der Waals surface area contributed by atoms with Crippen molar-refractivity contribution in [3.05, 3.63) is 71.5 Å². The molecule has 0 fully saturated rings. The summed E-state index contributed by atoms with van der Waals surface area (Å²) in [5.74, 6) is 1.83. The number of hydrogen-bond donors (Lipinski definition) is 2. The summed E-state index contributed by atoms with van der Waals surface area (Å²) in [5.41, 5.74) is 7.78. The Bertz CT molecular complexity index is 1310. The number of amides is 1. The van der Waals surface area contributed by atoms with Gasteiger partial charge >= 0.3 is 0 Å². The van der Waals surface area contributed by atoms with Crippen LogP contribution in [-0.4, -0.2) is 27.6 Å². The number of anilines is 2. The van der Waals surface area contributed by atoms with Crippen molar-refractivity contribution >= 4 is 28.6 Å². The summed E-state index contributed by atoms with van der Waals surface area (Å²) in [5, 5.41) is 3.43. The molecule has 0 saturated heterocycles. The Kier molecular flexibility index (Phi) is 6.28. The third-order valence-electron chi connectivity index (χ3n) is 5.40. The summed E-state index contributed by atoms with van der Waals surface area (Å²) < 4.78 is 7.96. The summed E-state index contributed by atoms with van der Waals surface area (Å²) in [6, 6.07) is 15.3. The maximum Gasteiger partial charge on any atom is 0.293 e. The number of aromatic nitrogens is 3. The fraction of sp³-hybridized carbons (Fsp3) is 0.240. The smallest absolute Gasteiger partial charge is 0.293 e. The zero-order valence-electron chi connectivity index (χ0n) is 19.3. The molecular weight excluding hydrogens is 418 g/mol. The second-order valence-corrected chi connectivity index (χ2v) is 8.11. The average Bonchev–Trinajstić information content (AvgIpc) is 3.09. The molecule has 0 aliphatic rings. The Balaban J connectivity index is 1.58. The van der Waals surface area contributed by atoms with Crippen molar-refractivity contribution in [3.63, 3.8) is 0 Å². The Morgan fingerprint density at radius 1 is 1.06 bits per heavy atom. The molecule has 0 radical (unpaired) electrons. The van der Waals surface area contributed by atoms with Gasteiger partial charge in [-0.05, 0) is 54.3 Å². The SMILES string of the molecule is CONC(=O)c1cc(Oc2ccc3c(c2)nc(Nc2ccc(C)c(C(C)C)c2)n3C)ccn1. The van der Waals surface area contributed by atoms with E-state index in [9.17, 15) is 4.79 Å². The molecule has 8 nitrogen and oxygen atoms in total. The number of hydroxylamine groups is 1. The van der Waals surface area contributed by atoms with Gasteiger partial charge < -0.3 is 14.6 Å². The molecule has 0 bridgehead atoms. The quantitative estimate of drug-likeness (QED) is 0.379. The van der Waals surface area contributed by atoms with Crippen molar-refractivity contribution in [2.24, 2.45) is 7.05 Å². The highest BCUT2D eigenvalue weighted by atomic mass is 16.6. The predicted molar refractivity (Wildman–Crippen MR) is 128 cm³/mol. The van der Waals surface area contributed by atoms with Crippen LogP contribution in [0.1, 0.15) is 41.4 Å². The highest BCUT2D eigenvalue weighted by Crippen LogP contribution is 2.29. The van der Waals surface area contributed by atoms with Crippen molar-refractivity contribution in [3.8, 4) is 11.5 Å². The van der Waals surface area contributed by atoms with Gasteiger partial charge in [-0.15, -0.1) is 0 Å². The van der Waals surface area contributed by atoms with Gasteiger partial charge in [0.25, 0.3) is 5.91 Å². The van der Waals surface area contributed by atoms with Gasteiger partial charge in [0.2, 0.25) is 5.95 Å². The van der Waals surface area contributed by atoms with Gasteiger partial charge in [0.1, 0.15) is 17.2 Å². The van der Waals surface area contributed by atoms with Crippen LogP contribution in [0.4, 0.5) is 11.6 Å². The third kappa shape index (κ3) is 4.80. The lowest BCUT2D eigenvalue weighted by molar-refractivity contribution is 0.0532. The lowest BCUT2D eigenvalue weighted by Gasteiger charge is -2.13. The topological polar surface area (TPSA) is 90.3 Å². The highest BCUT2D eigenvalue weighted by Gasteiger charge is 2.12. The van der Waals surface area contributed by atoms with Crippen LogP contribution in [0.15, 0.2) is 54.7 Å². The van der Waals surface area contributed by atoms with E-state index in [1.807, 2.05) is 29.8 Å². The molecule has 0 atom stereocenters. The standard InChI is InChI=1S/C25H27N5O3/c1-15(2)20-12-17(7-6-16(20)3)27-25-28-21-13-18(8-9-23(21)30(25)4)33-19-10-11-26-22(14-19)24(31)29-32-5/h6-15H,1-5H3,(H,27,28)(H,29,31). The first-order valence-electron chi connectivity index (χ1n) is 10.7. The number of nitrogens with one attached hydrogen (secondary N) is 2. The molecule has 1 amide bonds. The van der Waals surface area contributed by atoms with Crippen molar-refractivity contribution < 1.29 is 14.4 Å². The number of nitrogens with zero attached hydrogens (tertiary/aromatic N) is 3. The van der Waals surface area contributed by atoms with Gasteiger partial charge in [0, 0.05) is 31.1 Å². The van der Waals surface area contributed by atoms with Crippen LogP contribution < -0.4 is 15.5 Å². The number of carbonyl (C=O) groups excluding carboxylic acids is 1. The van der Waals surface area contributed by atoms with Gasteiger partial charge in [0.15, 0.2) is 0 Å². The first kappa shape index (κ1) is 22.3. The van der Waals surface area contributed by atoms with Crippen LogP contribution in [0.25, 0.3) is 11.0 Å². The van der Waals surface area contributed by atoms with E-state index < -0.39 is 5.91 Å². The number of imidazole rings is 1. The molecule has 2 aromatic heterocycles. The van der Waals surface area contributed by atoms with Gasteiger partial charge in [-0.2, -0.15) is 0 Å². The van der Waals surface area contributed by atoms with Gasteiger partial charge in [-0.1, -0.05) is 19.9 Å². The second kappa shape index (κ2) is 9.30. The van der Waals surface area contributed by atoms with Crippen LogP contribution in [0.3, 0.4) is 0 Å². The molecular formula is C25H27N5O3. The van der Waals surface area contributed by atoms with E-state index >= 15 is 0 Å². The number of hydrogen-bond acceptors (Lipinski definition) is 6. The molecule has 0 aliphatic heterocycles. The van der Waals surface area contributed by atoms with E-state index in [0.29, 0.717) is 17.4 Å². The van der Waals surface area contributed by atoms with Crippen LogP contribution in [-0.2, 0) is 11.9 Å². The maximum absolute atomic E-state index is 11.9. The fourth-order valence-electron chi connectivity index (χ4n) is 3.70. The molecule has 0 saturated carbocycles. The van der Waals surface area contributed by atoms with Crippen molar-refractivity contribution in [1.29, 1.82) is 0 Å². The zero-order chi connectivity index (χ0) is 23.5. The number of ether oxygens (including phenoxy) is 1. The Hall–Kier alpha value is -3.91. The summed E-state index contributed by atoms with van der Waals surface area (Å²) in [6.45, 7) is 6.52. The van der Waals surface area contributed by atoms with Crippen molar-refractivity contribution in [2.45, 2.75) is 26.7 Å². The predicted octanol–water partition coefficient (Wildman–Crippen LogP) is 5.23. The first-order chi connectivity index (χ1) is 15.9. The van der Waals surface area contributed by atoms with E-state index in [1.54, 1.807) is 12.1 Å². The molecule has 4 rings (SSSR count). The maximum atomic E-state index is 11.9. The third-order valence-corrected chi connectivity index (χ3v) is 5.40. The van der Waals surface area contributed by atoms with Crippen LogP contribution in [0.2, 0.25) is 0 Å². The van der Waals surface area contributed by atoms with Crippen LogP contribution >= 0.6 is 0 Å². The number of benzene rings is 2. The molecule has 0 unspecified atom stereocenters. The van der Waals surface area contributed by atoms with E-state index in [2.05, 4.69) is 59.6 Å². The molecule has 0 spiro atoms. The van der Waals surface area contributed by atoms with Crippen molar-refractivity contribution in [1.82, 2.24) is 20.0 Å². The average molecular weight is 446 g/mol. The largest absolute Gasteiger partial charge is 0.457 e. The monoisotopic (exact) mass is 445 g/mol. The molecule has 2 heterocycles. The van der Waals surface area contributed by atoms with E-state index in [4.69, 9.17) is 9.72 Å². The lowest BCUT2D eigenvalue weighted by atomic mass is 9.97. The van der Waals surface area contributed by atoms with Crippen LogP contribution in [0.5, 0.6) is 11.5 Å². The van der Waals surface area contributed by atoms with Gasteiger partial charge in [0.05, 0.1) is 18.1 Å². The minimum absolute atomic E-state index is 0.193. The Morgan fingerprint density at radius 3 is 2.61 bits per heavy atom. The highest BCUT2D eigenvalue weighted by molar-refractivity contribution is 5.91. The minimum atomic E-state index is -0.449. The lowest BCUT2D eigenvalue weighted by Crippen LogP contribution is -2.22. The number of rotatable bonds is 7. The molecule has 4 aromatic rings. The molecule has 8 heteroatoms. The minimum Gasteiger partial charge on any atom is -0.457 e. The zero-order valence-corrected chi connectivity index (χ0v) is 19.3. The number of aryl methyl sites for hydroxylation is 2.